The molecule has 2 aromatic rings. The second kappa shape index (κ2) is 11.7. The standard InChI is InChI=1S/C28H34N4O7/c33-27(31-9-5-29(6-10-31)15-21-1-3-23-25(13-21)38-19-36-23)17-35-18-28(34)32-11-7-30(8-12-32)16-22-2-4-24-26(14-22)39-20-37-24/h1-4,13-14H,5-12,15-20H2/p+2. The number of amides is 2. The van der Waals surface area contributed by atoms with E-state index in [1.54, 1.807) is 0 Å². The molecule has 0 radical (unpaired) electrons. The summed E-state index contributed by atoms with van der Waals surface area (Å²) in [5, 5.41) is 0. The van der Waals surface area contributed by atoms with Crippen LogP contribution in [0.5, 0.6) is 23.0 Å². The first-order valence-electron chi connectivity index (χ1n) is 13.7. The number of fused-ring (bicyclic) bond motifs is 2. The lowest BCUT2D eigenvalue weighted by atomic mass is 10.1. The highest BCUT2D eigenvalue weighted by atomic mass is 16.7. The van der Waals surface area contributed by atoms with E-state index in [1.165, 1.54) is 20.9 Å². The number of rotatable bonds is 8. The maximum Gasteiger partial charge on any atom is 0.248 e. The molecule has 0 aliphatic carbocycles. The average molecular weight is 541 g/mol. The molecule has 0 aromatic heterocycles. The number of nitrogens with one attached hydrogen (secondary N) is 2. The summed E-state index contributed by atoms with van der Waals surface area (Å²) in [6.07, 6.45) is 0. The summed E-state index contributed by atoms with van der Waals surface area (Å²) in [5.41, 5.74) is 2.40. The van der Waals surface area contributed by atoms with E-state index in [0.717, 1.165) is 62.3 Å². The van der Waals surface area contributed by atoms with Crippen LogP contribution in [0.25, 0.3) is 0 Å². The van der Waals surface area contributed by atoms with Crippen molar-refractivity contribution in [2.75, 3.05) is 79.2 Å². The number of carbonyl (C=O) groups is 2. The predicted octanol–water partition coefficient (Wildman–Crippen LogP) is -1.68. The van der Waals surface area contributed by atoms with Crippen LogP contribution >= 0.6 is 0 Å². The first-order chi connectivity index (χ1) is 19.1. The van der Waals surface area contributed by atoms with Crippen LogP contribution < -0.4 is 28.7 Å². The topological polar surface area (TPSA) is 95.7 Å². The highest BCUT2D eigenvalue weighted by Gasteiger charge is 2.27. The number of hydrogen-bond donors (Lipinski definition) is 2. The van der Waals surface area contributed by atoms with Gasteiger partial charge in [0.2, 0.25) is 25.4 Å². The largest absolute Gasteiger partial charge is 0.454 e. The van der Waals surface area contributed by atoms with Gasteiger partial charge in [0.25, 0.3) is 0 Å². The molecule has 2 amide bonds. The van der Waals surface area contributed by atoms with Gasteiger partial charge in [-0.2, -0.15) is 0 Å². The molecule has 4 aliphatic rings. The minimum atomic E-state index is -0.0570. The highest BCUT2D eigenvalue weighted by Crippen LogP contribution is 2.33. The van der Waals surface area contributed by atoms with Crippen LogP contribution in [-0.4, -0.2) is 101 Å². The predicted molar refractivity (Wildman–Crippen MR) is 138 cm³/mol. The number of quaternary nitrogens is 2. The van der Waals surface area contributed by atoms with E-state index in [2.05, 4.69) is 12.1 Å². The van der Waals surface area contributed by atoms with E-state index in [4.69, 9.17) is 23.7 Å². The van der Waals surface area contributed by atoms with Gasteiger partial charge < -0.3 is 43.3 Å². The summed E-state index contributed by atoms with van der Waals surface area (Å²) in [6, 6.07) is 12.1. The molecule has 2 aromatic carbocycles. The Morgan fingerprint density at radius 1 is 0.641 bits per heavy atom. The Hall–Kier alpha value is -3.54. The number of ether oxygens (including phenoxy) is 5. The van der Waals surface area contributed by atoms with Crippen molar-refractivity contribution in [1.29, 1.82) is 0 Å². The first-order valence-corrected chi connectivity index (χ1v) is 13.7. The third-order valence-corrected chi connectivity index (χ3v) is 7.88. The van der Waals surface area contributed by atoms with Gasteiger partial charge in [-0.3, -0.25) is 9.59 Å². The van der Waals surface area contributed by atoms with Gasteiger partial charge >= 0.3 is 0 Å². The summed E-state index contributed by atoms with van der Waals surface area (Å²) in [4.78, 5) is 31.8. The Kier molecular flexibility index (Phi) is 7.71. The van der Waals surface area contributed by atoms with Crippen LogP contribution in [0.1, 0.15) is 11.1 Å². The Labute approximate surface area is 227 Å². The summed E-state index contributed by atoms with van der Waals surface area (Å²) >= 11 is 0. The lowest BCUT2D eigenvalue weighted by Crippen LogP contribution is -3.13. The van der Waals surface area contributed by atoms with Gasteiger partial charge in [-0.05, 0) is 36.4 Å². The Bertz CT molecular complexity index is 1100. The molecule has 0 bridgehead atoms. The fraction of sp³-hybridized carbons (Fsp3) is 0.500. The fourth-order valence-electron chi connectivity index (χ4n) is 5.59. The Morgan fingerprint density at radius 2 is 1.05 bits per heavy atom. The smallest absolute Gasteiger partial charge is 0.248 e. The van der Waals surface area contributed by atoms with Crippen molar-refractivity contribution in [2.45, 2.75) is 13.1 Å². The molecule has 0 atom stereocenters. The van der Waals surface area contributed by atoms with Gasteiger partial charge in [-0.1, -0.05) is 0 Å². The van der Waals surface area contributed by atoms with Crippen molar-refractivity contribution < 1.29 is 43.1 Å². The van der Waals surface area contributed by atoms with Crippen LogP contribution in [0.3, 0.4) is 0 Å². The molecule has 2 saturated heterocycles. The van der Waals surface area contributed by atoms with Crippen molar-refractivity contribution in [2.24, 2.45) is 0 Å². The lowest BCUT2D eigenvalue weighted by molar-refractivity contribution is -0.917. The monoisotopic (exact) mass is 540 g/mol. The third-order valence-electron chi connectivity index (χ3n) is 7.88. The van der Waals surface area contributed by atoms with Crippen molar-refractivity contribution in [3.63, 3.8) is 0 Å². The average Bonchev–Trinajstić information content (AvgIpc) is 3.63. The molecule has 6 rings (SSSR count). The normalized spacial score (nSPS) is 19.0. The first kappa shape index (κ1) is 25.7. The third kappa shape index (κ3) is 6.21. The van der Waals surface area contributed by atoms with Gasteiger partial charge in [0.15, 0.2) is 23.0 Å². The second-order valence-electron chi connectivity index (χ2n) is 10.5. The van der Waals surface area contributed by atoms with E-state index >= 15 is 0 Å². The van der Waals surface area contributed by atoms with Gasteiger partial charge in [0, 0.05) is 11.1 Å². The minimum absolute atomic E-state index is 0.0529. The zero-order valence-corrected chi connectivity index (χ0v) is 22.1. The van der Waals surface area contributed by atoms with E-state index in [0.29, 0.717) is 26.2 Å². The van der Waals surface area contributed by atoms with Crippen molar-refractivity contribution in [1.82, 2.24) is 9.80 Å². The molecular weight excluding hydrogens is 504 g/mol. The van der Waals surface area contributed by atoms with Gasteiger partial charge in [-0.15, -0.1) is 0 Å². The molecule has 0 unspecified atom stereocenters. The Balaban J connectivity index is 0.864. The van der Waals surface area contributed by atoms with E-state index in [1.807, 2.05) is 34.1 Å². The molecule has 0 spiro atoms. The fourth-order valence-corrected chi connectivity index (χ4v) is 5.59. The molecular formula is C28H36N4O7+2. The minimum Gasteiger partial charge on any atom is -0.454 e. The highest BCUT2D eigenvalue weighted by molar-refractivity contribution is 5.79. The van der Waals surface area contributed by atoms with Crippen LogP contribution in [0.4, 0.5) is 0 Å². The van der Waals surface area contributed by atoms with E-state index in [9.17, 15) is 9.59 Å². The number of benzene rings is 2. The van der Waals surface area contributed by atoms with E-state index in [-0.39, 0.29) is 38.6 Å². The van der Waals surface area contributed by atoms with Crippen LogP contribution in [0, 0.1) is 0 Å². The maximum absolute atomic E-state index is 12.7. The molecule has 0 saturated carbocycles. The number of nitrogens with zero attached hydrogens (tertiary/aromatic N) is 2. The van der Waals surface area contributed by atoms with Gasteiger partial charge in [0.05, 0.1) is 52.4 Å². The molecule has 4 heterocycles. The van der Waals surface area contributed by atoms with Crippen molar-refractivity contribution >= 4 is 11.8 Å². The molecule has 39 heavy (non-hydrogen) atoms. The molecule has 11 nitrogen and oxygen atoms in total. The number of piperazine rings is 2. The molecule has 2 fully saturated rings. The quantitative estimate of drug-likeness (QED) is 0.413. The molecule has 11 heteroatoms. The number of carbonyl (C=O) groups excluding carboxylic acids is 2. The van der Waals surface area contributed by atoms with Crippen LogP contribution in [-0.2, 0) is 27.4 Å². The summed E-state index contributed by atoms with van der Waals surface area (Å²) < 4.78 is 27.3. The van der Waals surface area contributed by atoms with E-state index < -0.39 is 0 Å². The summed E-state index contributed by atoms with van der Waals surface area (Å²) in [6.45, 7) is 8.44. The van der Waals surface area contributed by atoms with Crippen LogP contribution in [0.15, 0.2) is 36.4 Å². The maximum atomic E-state index is 12.7. The zero-order valence-electron chi connectivity index (χ0n) is 22.1. The second-order valence-corrected chi connectivity index (χ2v) is 10.5. The zero-order chi connectivity index (χ0) is 26.6. The van der Waals surface area contributed by atoms with Gasteiger partial charge in [0.1, 0.15) is 26.3 Å². The van der Waals surface area contributed by atoms with Gasteiger partial charge in [-0.25, -0.2) is 0 Å². The van der Waals surface area contributed by atoms with Crippen molar-refractivity contribution in [3.8, 4) is 23.0 Å². The molecule has 2 N–H and O–H groups in total. The Morgan fingerprint density at radius 3 is 1.49 bits per heavy atom. The summed E-state index contributed by atoms with van der Waals surface area (Å²) in [7, 11) is 0. The van der Waals surface area contributed by atoms with Crippen LogP contribution in [0.2, 0.25) is 0 Å². The SMILES string of the molecule is O=C(COCC(=O)N1CC[NH+](Cc2ccc3c(c2)OCO3)CC1)N1CC[NH+](Cc2ccc3c(c2)OCO3)CC1. The number of hydrogen-bond acceptors (Lipinski definition) is 7. The van der Waals surface area contributed by atoms with Crippen molar-refractivity contribution in [3.05, 3.63) is 47.5 Å². The summed E-state index contributed by atoms with van der Waals surface area (Å²) in [5.74, 6) is 3.09. The molecule has 208 valence electrons. The molecule has 4 aliphatic heterocycles. The lowest BCUT2D eigenvalue weighted by Gasteiger charge is -2.33.